The van der Waals surface area contributed by atoms with Crippen molar-refractivity contribution in [2.24, 2.45) is 5.92 Å². The van der Waals surface area contributed by atoms with Crippen LogP contribution in [0, 0.1) is 11.7 Å². The summed E-state index contributed by atoms with van der Waals surface area (Å²) in [5.74, 6) is -0.598. The van der Waals surface area contributed by atoms with Crippen molar-refractivity contribution in [2.75, 3.05) is 19.8 Å². The molecule has 0 radical (unpaired) electrons. The van der Waals surface area contributed by atoms with E-state index in [0.29, 0.717) is 19.8 Å². The van der Waals surface area contributed by atoms with Gasteiger partial charge in [-0.2, -0.15) is 0 Å². The number of hydrogen-bond acceptors (Lipinski definition) is 5. The zero-order valence-corrected chi connectivity index (χ0v) is 15.9. The Labute approximate surface area is 158 Å². The number of benzene rings is 1. The van der Waals surface area contributed by atoms with Crippen LogP contribution in [0.25, 0.3) is 0 Å². The molecule has 146 valence electrons. The predicted octanol–water partition coefficient (Wildman–Crippen LogP) is 3.07. The van der Waals surface area contributed by atoms with Crippen LogP contribution in [0.15, 0.2) is 47.6 Å². The molecule has 0 saturated carbocycles. The highest BCUT2D eigenvalue weighted by Gasteiger charge is 2.30. The molecular weight excluding hydrogens is 371 g/mol. The minimum atomic E-state index is -3.93. The Morgan fingerprint density at radius 3 is 2.74 bits per heavy atom. The van der Waals surface area contributed by atoms with Gasteiger partial charge in [0, 0.05) is 25.6 Å². The van der Waals surface area contributed by atoms with Crippen molar-refractivity contribution in [3.63, 3.8) is 0 Å². The third kappa shape index (κ3) is 4.82. The average molecular weight is 394 g/mol. The van der Waals surface area contributed by atoms with E-state index in [1.807, 2.05) is 6.07 Å². The van der Waals surface area contributed by atoms with Crippen LogP contribution < -0.4 is 9.46 Å². The number of nitrogens with zero attached hydrogens (tertiary/aromatic N) is 1. The number of aromatic nitrogens is 1. The fourth-order valence-corrected chi connectivity index (χ4v) is 4.51. The molecule has 0 bridgehead atoms. The number of ether oxygens (including phenoxy) is 2. The zero-order chi connectivity index (χ0) is 19.3. The van der Waals surface area contributed by atoms with Crippen LogP contribution in [0.1, 0.15) is 31.4 Å². The molecule has 2 aromatic rings. The average Bonchev–Trinajstić information content (AvgIpc) is 2.69. The van der Waals surface area contributed by atoms with Gasteiger partial charge in [0.1, 0.15) is 0 Å². The molecule has 0 aliphatic carbocycles. The molecule has 0 amide bonds. The minimum absolute atomic E-state index is 0.0321. The highest BCUT2D eigenvalue weighted by Crippen LogP contribution is 2.31. The number of rotatable bonds is 7. The Morgan fingerprint density at radius 2 is 2.11 bits per heavy atom. The summed E-state index contributed by atoms with van der Waals surface area (Å²) in [7, 11) is -3.93. The molecule has 0 spiro atoms. The molecule has 3 rings (SSSR count). The summed E-state index contributed by atoms with van der Waals surface area (Å²) in [6, 6.07) is 6.82. The van der Waals surface area contributed by atoms with Crippen molar-refractivity contribution >= 4 is 10.0 Å². The Balaban J connectivity index is 1.88. The van der Waals surface area contributed by atoms with Gasteiger partial charge in [-0.1, -0.05) is 6.07 Å². The molecule has 1 aromatic heterocycles. The fraction of sp³-hybridized carbons (Fsp3) is 0.421. The van der Waals surface area contributed by atoms with Gasteiger partial charge in [-0.3, -0.25) is 4.98 Å². The molecular formula is C19H23FN2O4S. The molecule has 1 aliphatic heterocycles. The second-order valence-corrected chi connectivity index (χ2v) is 8.07. The maximum atomic E-state index is 14.1. The van der Waals surface area contributed by atoms with Gasteiger partial charge >= 0.3 is 0 Å². The first-order chi connectivity index (χ1) is 13.0. The molecule has 1 fully saturated rings. The number of hydrogen-bond donors (Lipinski definition) is 1. The lowest BCUT2D eigenvalue weighted by molar-refractivity contribution is 0.0564. The van der Waals surface area contributed by atoms with Crippen molar-refractivity contribution in [1.29, 1.82) is 0 Å². The van der Waals surface area contributed by atoms with E-state index in [4.69, 9.17) is 9.47 Å². The van der Waals surface area contributed by atoms with E-state index in [9.17, 15) is 12.8 Å². The number of halogens is 1. The van der Waals surface area contributed by atoms with Crippen LogP contribution >= 0.6 is 0 Å². The van der Waals surface area contributed by atoms with Crippen molar-refractivity contribution in [3.05, 3.63) is 54.1 Å². The van der Waals surface area contributed by atoms with E-state index in [2.05, 4.69) is 9.71 Å². The molecule has 1 aliphatic rings. The smallest absolute Gasteiger partial charge is 0.241 e. The van der Waals surface area contributed by atoms with Crippen LogP contribution in [-0.4, -0.2) is 33.2 Å². The first kappa shape index (κ1) is 19.7. The van der Waals surface area contributed by atoms with Crippen LogP contribution in [0.5, 0.6) is 5.75 Å². The molecule has 1 aromatic carbocycles. The molecule has 1 atom stereocenters. The molecule has 2 heterocycles. The van der Waals surface area contributed by atoms with Crippen molar-refractivity contribution in [2.45, 2.75) is 30.7 Å². The SMILES string of the molecule is CCOc1ccc(S(=O)(=O)NC(c2cccnc2)C2CCOCC2)cc1F. The number of sulfonamides is 1. The molecule has 1 unspecified atom stereocenters. The lowest BCUT2D eigenvalue weighted by Gasteiger charge is -2.31. The van der Waals surface area contributed by atoms with Crippen molar-refractivity contribution in [1.82, 2.24) is 9.71 Å². The van der Waals surface area contributed by atoms with Gasteiger partial charge in [-0.15, -0.1) is 0 Å². The summed E-state index contributed by atoms with van der Waals surface area (Å²) < 4.78 is 53.2. The summed E-state index contributed by atoms with van der Waals surface area (Å²) in [4.78, 5) is 3.97. The maximum Gasteiger partial charge on any atom is 0.241 e. The topological polar surface area (TPSA) is 77.5 Å². The predicted molar refractivity (Wildman–Crippen MR) is 98.4 cm³/mol. The van der Waals surface area contributed by atoms with E-state index in [1.165, 1.54) is 12.1 Å². The van der Waals surface area contributed by atoms with Crippen LogP contribution in [0.3, 0.4) is 0 Å². The van der Waals surface area contributed by atoms with Gasteiger partial charge in [0.05, 0.1) is 17.5 Å². The second kappa shape index (κ2) is 8.77. The summed E-state index contributed by atoms with van der Waals surface area (Å²) in [5, 5.41) is 0. The molecule has 27 heavy (non-hydrogen) atoms. The summed E-state index contributed by atoms with van der Waals surface area (Å²) >= 11 is 0. The Kier molecular flexibility index (Phi) is 6.41. The van der Waals surface area contributed by atoms with E-state index in [0.717, 1.165) is 24.5 Å². The normalized spacial score (nSPS) is 16.8. The van der Waals surface area contributed by atoms with E-state index in [1.54, 1.807) is 25.4 Å². The van der Waals surface area contributed by atoms with Crippen LogP contribution in [0.4, 0.5) is 4.39 Å². The fourth-order valence-electron chi connectivity index (χ4n) is 3.20. The highest BCUT2D eigenvalue weighted by atomic mass is 32.2. The van der Waals surface area contributed by atoms with Crippen LogP contribution in [0.2, 0.25) is 0 Å². The lowest BCUT2D eigenvalue weighted by atomic mass is 9.88. The van der Waals surface area contributed by atoms with Gasteiger partial charge in [0.15, 0.2) is 11.6 Å². The lowest BCUT2D eigenvalue weighted by Crippen LogP contribution is -2.36. The zero-order valence-electron chi connectivity index (χ0n) is 15.1. The third-order valence-electron chi connectivity index (χ3n) is 4.58. The van der Waals surface area contributed by atoms with Crippen molar-refractivity contribution < 1.29 is 22.3 Å². The largest absolute Gasteiger partial charge is 0.491 e. The van der Waals surface area contributed by atoms with Gasteiger partial charge in [0.2, 0.25) is 10.0 Å². The minimum Gasteiger partial charge on any atom is -0.491 e. The van der Waals surface area contributed by atoms with E-state index >= 15 is 0 Å². The molecule has 1 N–H and O–H groups in total. The highest BCUT2D eigenvalue weighted by molar-refractivity contribution is 7.89. The Hall–Kier alpha value is -2.03. The first-order valence-corrected chi connectivity index (χ1v) is 10.4. The maximum absolute atomic E-state index is 14.1. The molecule has 6 nitrogen and oxygen atoms in total. The van der Waals surface area contributed by atoms with Gasteiger partial charge < -0.3 is 9.47 Å². The van der Waals surface area contributed by atoms with Crippen molar-refractivity contribution in [3.8, 4) is 5.75 Å². The van der Waals surface area contributed by atoms with E-state index < -0.39 is 21.9 Å². The van der Waals surface area contributed by atoms with E-state index in [-0.39, 0.29) is 16.6 Å². The summed E-state index contributed by atoms with van der Waals surface area (Å²) in [6.45, 7) is 3.20. The number of pyridine rings is 1. The standard InChI is InChI=1S/C19H23FN2O4S/c1-2-26-18-6-5-16(12-17(18)20)27(23,24)22-19(14-7-10-25-11-8-14)15-4-3-9-21-13-15/h3-6,9,12-14,19,22H,2,7-8,10-11H2,1H3. The quantitative estimate of drug-likeness (QED) is 0.781. The molecule has 8 heteroatoms. The summed E-state index contributed by atoms with van der Waals surface area (Å²) in [5.41, 5.74) is 0.777. The third-order valence-corrected chi connectivity index (χ3v) is 6.02. The first-order valence-electron chi connectivity index (χ1n) is 8.93. The molecule has 1 saturated heterocycles. The van der Waals surface area contributed by atoms with Gasteiger partial charge in [-0.25, -0.2) is 17.5 Å². The van der Waals surface area contributed by atoms with Gasteiger partial charge in [0.25, 0.3) is 0 Å². The number of nitrogens with one attached hydrogen (secondary N) is 1. The second-order valence-electron chi connectivity index (χ2n) is 6.36. The Morgan fingerprint density at radius 1 is 1.33 bits per heavy atom. The monoisotopic (exact) mass is 394 g/mol. The van der Waals surface area contributed by atoms with Crippen LogP contribution in [-0.2, 0) is 14.8 Å². The Bertz CT molecular complexity index is 855. The summed E-state index contributed by atoms with van der Waals surface area (Å²) in [6.07, 6.45) is 4.77. The van der Waals surface area contributed by atoms with Gasteiger partial charge in [-0.05, 0) is 55.5 Å².